The molecule has 1 saturated carbocycles. The van der Waals surface area contributed by atoms with Gasteiger partial charge in [0.15, 0.2) is 0 Å². The minimum atomic E-state index is -5.08. The number of aliphatic carboxylic acids is 1. The summed E-state index contributed by atoms with van der Waals surface area (Å²) in [4.78, 5) is 25.0. The lowest BCUT2D eigenvalue weighted by atomic mass is 9.95. The Labute approximate surface area is 217 Å². The van der Waals surface area contributed by atoms with E-state index in [1.807, 2.05) is 0 Å². The summed E-state index contributed by atoms with van der Waals surface area (Å²) in [5.74, 6) is -3.49. The van der Waals surface area contributed by atoms with E-state index in [0.29, 0.717) is 16.7 Å². The summed E-state index contributed by atoms with van der Waals surface area (Å²) in [6, 6.07) is 13.2. The largest absolute Gasteiger partial charge is 0.490 e. The zero-order chi connectivity index (χ0) is 29.2. The summed E-state index contributed by atoms with van der Waals surface area (Å²) in [6.07, 6.45) is -8.21. The molecule has 208 valence electrons. The molecule has 1 fully saturated rings. The van der Waals surface area contributed by atoms with Gasteiger partial charge in [0.2, 0.25) is 0 Å². The van der Waals surface area contributed by atoms with Gasteiger partial charge in [-0.3, -0.25) is 9.78 Å². The van der Waals surface area contributed by atoms with Crippen molar-refractivity contribution in [3.8, 4) is 11.1 Å². The van der Waals surface area contributed by atoms with Gasteiger partial charge in [0.1, 0.15) is 11.5 Å². The molecule has 1 aliphatic rings. The summed E-state index contributed by atoms with van der Waals surface area (Å²) in [5.41, 5.74) is 0.753. The molecule has 0 saturated heterocycles. The predicted octanol–water partition coefficient (Wildman–Crippen LogP) is 6.01. The molecule has 1 aromatic heterocycles. The fourth-order valence-electron chi connectivity index (χ4n) is 3.68. The number of carbonyl (C=O) groups is 2. The van der Waals surface area contributed by atoms with Crippen LogP contribution < -0.4 is 5.32 Å². The first kappa shape index (κ1) is 29.6. The van der Waals surface area contributed by atoms with Gasteiger partial charge >= 0.3 is 18.3 Å². The number of hydrogen-bond acceptors (Lipinski definition) is 4. The number of benzene rings is 2. The highest BCUT2D eigenvalue weighted by atomic mass is 19.4. The molecule has 0 radical (unpaired) electrons. The normalized spacial score (nSPS) is 15.0. The van der Waals surface area contributed by atoms with E-state index in [-0.39, 0.29) is 11.5 Å². The molecule has 1 aliphatic carbocycles. The lowest BCUT2D eigenvalue weighted by Gasteiger charge is -2.19. The number of amides is 1. The third-order valence-corrected chi connectivity index (χ3v) is 5.88. The van der Waals surface area contributed by atoms with Crippen LogP contribution in [0.3, 0.4) is 0 Å². The minimum Gasteiger partial charge on any atom is -0.475 e. The molecule has 0 aliphatic heterocycles. The molecule has 3 aromatic rings. The number of alkyl halides is 6. The average molecular weight is 558 g/mol. The van der Waals surface area contributed by atoms with Crippen LogP contribution in [-0.4, -0.2) is 33.2 Å². The van der Waals surface area contributed by atoms with Gasteiger partial charge in [-0.2, -0.15) is 26.3 Å². The van der Waals surface area contributed by atoms with Crippen molar-refractivity contribution < 1.29 is 50.5 Å². The first-order chi connectivity index (χ1) is 18.0. The van der Waals surface area contributed by atoms with E-state index in [9.17, 15) is 40.6 Å². The van der Waals surface area contributed by atoms with E-state index >= 15 is 0 Å². The number of pyridine rings is 1. The standard InChI is InChI=1S/C24H20F4N2O2.C2HF3O2/c1-14(31)19-12-21(24(26,27)28)29-13-20(19)15-2-6-17(7-3-15)23(10-11-23)30-22(32)16-4-8-18(25)9-5-16;3-2(4,5)1(6)7/h2-9,12-14,31H,10-11H2,1H3,(H,30,32);(H,6,7)/t14-;/m1./s1. The number of aliphatic hydroxyl groups excluding tert-OH is 1. The number of carboxylic acid groups (broad SMARTS) is 1. The lowest BCUT2D eigenvalue weighted by molar-refractivity contribution is -0.192. The maximum atomic E-state index is 13.1. The van der Waals surface area contributed by atoms with Gasteiger partial charge in [-0.15, -0.1) is 0 Å². The van der Waals surface area contributed by atoms with E-state index in [0.717, 1.165) is 30.7 Å². The van der Waals surface area contributed by atoms with E-state index in [1.165, 1.54) is 31.2 Å². The van der Waals surface area contributed by atoms with E-state index < -0.39 is 41.5 Å². The number of aromatic nitrogens is 1. The quantitative estimate of drug-likeness (QED) is 0.333. The van der Waals surface area contributed by atoms with Crippen LogP contribution in [-0.2, 0) is 16.5 Å². The summed E-state index contributed by atoms with van der Waals surface area (Å²) in [6.45, 7) is 1.40. The number of hydrogen-bond donors (Lipinski definition) is 3. The molecule has 0 bridgehead atoms. The zero-order valence-electron chi connectivity index (χ0n) is 20.1. The van der Waals surface area contributed by atoms with Crippen LogP contribution in [0.4, 0.5) is 30.7 Å². The van der Waals surface area contributed by atoms with Gasteiger partial charge in [-0.25, -0.2) is 9.18 Å². The Morgan fingerprint density at radius 3 is 1.95 bits per heavy atom. The lowest BCUT2D eigenvalue weighted by Crippen LogP contribution is -2.34. The van der Waals surface area contributed by atoms with Gasteiger partial charge in [0.25, 0.3) is 5.91 Å². The summed E-state index contributed by atoms with van der Waals surface area (Å²) < 4.78 is 83.8. The number of nitrogens with one attached hydrogen (secondary N) is 1. The van der Waals surface area contributed by atoms with E-state index in [2.05, 4.69) is 10.3 Å². The highest BCUT2D eigenvalue weighted by Gasteiger charge is 2.45. The molecule has 4 rings (SSSR count). The number of carboxylic acids is 1. The van der Waals surface area contributed by atoms with Crippen molar-refractivity contribution in [3.05, 3.63) is 89.0 Å². The number of rotatable bonds is 5. The van der Waals surface area contributed by atoms with Gasteiger partial charge < -0.3 is 15.5 Å². The average Bonchev–Trinajstić information content (AvgIpc) is 3.64. The Bertz CT molecular complexity index is 1330. The van der Waals surface area contributed by atoms with Crippen molar-refractivity contribution in [2.75, 3.05) is 0 Å². The predicted molar refractivity (Wildman–Crippen MR) is 124 cm³/mol. The molecule has 2 aromatic carbocycles. The molecule has 1 atom stereocenters. The monoisotopic (exact) mass is 558 g/mol. The van der Waals surface area contributed by atoms with Gasteiger partial charge in [-0.1, -0.05) is 24.3 Å². The fraction of sp³-hybridized carbons (Fsp3) is 0.269. The van der Waals surface area contributed by atoms with Crippen molar-refractivity contribution >= 4 is 11.9 Å². The second-order valence-corrected chi connectivity index (χ2v) is 8.75. The Hall–Kier alpha value is -4.00. The minimum absolute atomic E-state index is 0.130. The molecule has 0 unspecified atom stereocenters. The summed E-state index contributed by atoms with van der Waals surface area (Å²) in [5, 5.41) is 20.1. The van der Waals surface area contributed by atoms with Crippen molar-refractivity contribution in [1.29, 1.82) is 0 Å². The topological polar surface area (TPSA) is 99.5 Å². The van der Waals surface area contributed by atoms with Crippen LogP contribution in [0.15, 0.2) is 60.8 Å². The SMILES string of the molecule is C[C@@H](O)c1cc(C(F)(F)F)ncc1-c1ccc(C2(NC(=O)c3ccc(F)cc3)CC2)cc1.O=C(O)C(F)(F)F. The second-order valence-electron chi connectivity index (χ2n) is 8.75. The Morgan fingerprint density at radius 2 is 1.51 bits per heavy atom. The molecule has 1 amide bonds. The maximum Gasteiger partial charge on any atom is 0.490 e. The molecule has 1 heterocycles. The Balaban J connectivity index is 0.000000532. The number of aliphatic hydroxyl groups is 1. The maximum absolute atomic E-state index is 13.1. The molecule has 0 spiro atoms. The molecule has 6 nitrogen and oxygen atoms in total. The van der Waals surface area contributed by atoms with Gasteiger partial charge in [0, 0.05) is 17.3 Å². The van der Waals surface area contributed by atoms with Crippen LogP contribution in [0.1, 0.15) is 53.0 Å². The highest BCUT2D eigenvalue weighted by molar-refractivity contribution is 5.95. The number of carbonyl (C=O) groups excluding carboxylic acids is 1. The van der Waals surface area contributed by atoms with E-state index in [4.69, 9.17) is 9.90 Å². The third kappa shape index (κ3) is 7.31. The van der Waals surface area contributed by atoms with Gasteiger partial charge in [0.05, 0.1) is 11.6 Å². The molecule has 13 heteroatoms. The number of halogens is 7. The Morgan fingerprint density at radius 1 is 0.974 bits per heavy atom. The van der Waals surface area contributed by atoms with Crippen LogP contribution in [0.5, 0.6) is 0 Å². The van der Waals surface area contributed by atoms with Crippen molar-refractivity contribution in [3.63, 3.8) is 0 Å². The molecule has 3 N–H and O–H groups in total. The highest BCUT2D eigenvalue weighted by Crippen LogP contribution is 2.46. The summed E-state index contributed by atoms with van der Waals surface area (Å²) in [7, 11) is 0. The first-order valence-corrected chi connectivity index (χ1v) is 11.3. The van der Waals surface area contributed by atoms with Crippen LogP contribution in [0, 0.1) is 5.82 Å². The van der Waals surface area contributed by atoms with Crippen LogP contribution in [0.2, 0.25) is 0 Å². The second kappa shape index (κ2) is 11.0. The summed E-state index contributed by atoms with van der Waals surface area (Å²) >= 11 is 0. The van der Waals surface area contributed by atoms with Crippen molar-refractivity contribution in [2.45, 2.75) is 43.8 Å². The van der Waals surface area contributed by atoms with Crippen molar-refractivity contribution in [1.82, 2.24) is 10.3 Å². The molecule has 39 heavy (non-hydrogen) atoms. The molecular formula is C26H21F7N2O4. The van der Waals surface area contributed by atoms with E-state index in [1.54, 1.807) is 24.3 Å². The van der Waals surface area contributed by atoms with Crippen LogP contribution >= 0.6 is 0 Å². The Kier molecular flexibility index (Phi) is 8.34. The van der Waals surface area contributed by atoms with Gasteiger partial charge in [-0.05, 0) is 66.8 Å². The molecular weight excluding hydrogens is 537 g/mol. The smallest absolute Gasteiger partial charge is 0.475 e. The van der Waals surface area contributed by atoms with Crippen LogP contribution in [0.25, 0.3) is 11.1 Å². The first-order valence-electron chi connectivity index (χ1n) is 11.3. The zero-order valence-corrected chi connectivity index (χ0v) is 20.1. The fourth-order valence-corrected chi connectivity index (χ4v) is 3.68. The van der Waals surface area contributed by atoms with Crippen molar-refractivity contribution in [2.24, 2.45) is 0 Å². The third-order valence-electron chi connectivity index (χ3n) is 5.88. The number of nitrogens with zero attached hydrogens (tertiary/aromatic N) is 1.